The SMILES string of the molecule is CCOC(=O)CSc1nc(Cl)cc(N(C)C)n1. The van der Waals surface area contributed by atoms with Crippen LogP contribution in [0.2, 0.25) is 5.15 Å². The van der Waals surface area contributed by atoms with Crippen molar-refractivity contribution in [3.05, 3.63) is 11.2 Å². The molecule has 5 nitrogen and oxygen atoms in total. The molecule has 0 saturated carbocycles. The van der Waals surface area contributed by atoms with Crippen LogP contribution in [0.25, 0.3) is 0 Å². The molecule has 0 aromatic carbocycles. The number of aromatic nitrogens is 2. The predicted octanol–water partition coefficient (Wildman–Crippen LogP) is 1.85. The van der Waals surface area contributed by atoms with Gasteiger partial charge in [0, 0.05) is 20.2 Å². The van der Waals surface area contributed by atoms with Crippen LogP contribution < -0.4 is 4.90 Å². The van der Waals surface area contributed by atoms with E-state index < -0.39 is 0 Å². The van der Waals surface area contributed by atoms with Gasteiger partial charge in [0.2, 0.25) is 0 Å². The van der Waals surface area contributed by atoms with Crippen molar-refractivity contribution in [1.82, 2.24) is 9.97 Å². The molecule has 1 heterocycles. The predicted molar refractivity (Wildman–Crippen MR) is 68.7 cm³/mol. The molecule has 0 aliphatic heterocycles. The van der Waals surface area contributed by atoms with E-state index in [9.17, 15) is 4.79 Å². The molecule has 17 heavy (non-hydrogen) atoms. The molecular weight excluding hydrogens is 262 g/mol. The monoisotopic (exact) mass is 275 g/mol. The van der Waals surface area contributed by atoms with Crippen LogP contribution in [0.15, 0.2) is 11.2 Å². The van der Waals surface area contributed by atoms with Crippen LogP contribution in [0.1, 0.15) is 6.92 Å². The molecule has 0 fully saturated rings. The van der Waals surface area contributed by atoms with E-state index in [4.69, 9.17) is 16.3 Å². The lowest BCUT2D eigenvalue weighted by Gasteiger charge is -2.12. The molecule has 7 heteroatoms. The Morgan fingerprint density at radius 2 is 2.24 bits per heavy atom. The van der Waals surface area contributed by atoms with E-state index in [1.54, 1.807) is 13.0 Å². The number of carbonyl (C=O) groups is 1. The molecule has 0 amide bonds. The van der Waals surface area contributed by atoms with Crippen molar-refractivity contribution in [2.45, 2.75) is 12.1 Å². The summed E-state index contributed by atoms with van der Waals surface area (Å²) in [6.45, 7) is 2.14. The zero-order valence-electron chi connectivity index (χ0n) is 9.94. The summed E-state index contributed by atoms with van der Waals surface area (Å²) < 4.78 is 4.81. The molecule has 0 bridgehead atoms. The summed E-state index contributed by atoms with van der Waals surface area (Å²) in [6, 6.07) is 1.66. The number of rotatable bonds is 5. The number of hydrogen-bond donors (Lipinski definition) is 0. The van der Waals surface area contributed by atoms with E-state index in [1.165, 1.54) is 11.8 Å². The fraction of sp³-hybridized carbons (Fsp3) is 0.500. The van der Waals surface area contributed by atoms with Crippen molar-refractivity contribution >= 4 is 35.1 Å². The Morgan fingerprint density at radius 3 is 2.82 bits per heavy atom. The van der Waals surface area contributed by atoms with Crippen molar-refractivity contribution < 1.29 is 9.53 Å². The molecule has 0 aliphatic carbocycles. The first-order valence-corrected chi connectivity index (χ1v) is 6.39. The quantitative estimate of drug-likeness (QED) is 0.354. The highest BCUT2D eigenvalue weighted by Crippen LogP contribution is 2.20. The van der Waals surface area contributed by atoms with E-state index in [-0.39, 0.29) is 11.7 Å². The standard InChI is InChI=1S/C10H14ClN3O2S/c1-4-16-9(15)6-17-10-12-7(11)5-8(13-10)14(2)3/h5H,4,6H2,1-3H3. The molecule has 0 saturated heterocycles. The van der Waals surface area contributed by atoms with E-state index >= 15 is 0 Å². The fourth-order valence-corrected chi connectivity index (χ4v) is 1.88. The number of anilines is 1. The maximum atomic E-state index is 11.2. The van der Waals surface area contributed by atoms with Crippen LogP contribution >= 0.6 is 23.4 Å². The fourth-order valence-electron chi connectivity index (χ4n) is 1.01. The van der Waals surface area contributed by atoms with Crippen molar-refractivity contribution in [3.8, 4) is 0 Å². The summed E-state index contributed by atoms with van der Waals surface area (Å²) in [6.07, 6.45) is 0. The molecular formula is C10H14ClN3O2S. The molecule has 0 N–H and O–H groups in total. The van der Waals surface area contributed by atoms with Gasteiger partial charge < -0.3 is 9.64 Å². The molecule has 1 aromatic rings. The Balaban J connectivity index is 2.68. The van der Waals surface area contributed by atoms with Crippen molar-refractivity contribution in [2.24, 2.45) is 0 Å². The Kier molecular flexibility index (Phi) is 5.50. The van der Waals surface area contributed by atoms with Gasteiger partial charge >= 0.3 is 5.97 Å². The maximum absolute atomic E-state index is 11.2. The lowest BCUT2D eigenvalue weighted by molar-refractivity contribution is -0.139. The third-order valence-electron chi connectivity index (χ3n) is 1.74. The van der Waals surface area contributed by atoms with Gasteiger partial charge in [-0.25, -0.2) is 9.97 Å². The molecule has 0 atom stereocenters. The maximum Gasteiger partial charge on any atom is 0.316 e. The van der Waals surface area contributed by atoms with Gasteiger partial charge in [0.15, 0.2) is 5.16 Å². The van der Waals surface area contributed by atoms with Gasteiger partial charge in [0.1, 0.15) is 11.0 Å². The van der Waals surface area contributed by atoms with E-state index in [2.05, 4.69) is 9.97 Å². The highest BCUT2D eigenvalue weighted by molar-refractivity contribution is 7.99. The number of carbonyl (C=O) groups excluding carboxylic acids is 1. The highest BCUT2D eigenvalue weighted by atomic mass is 35.5. The molecule has 94 valence electrons. The van der Waals surface area contributed by atoms with Crippen LogP contribution in [0.5, 0.6) is 0 Å². The second-order valence-corrected chi connectivity index (χ2v) is 4.65. The second-order valence-electron chi connectivity index (χ2n) is 3.32. The third-order valence-corrected chi connectivity index (χ3v) is 2.76. The molecule has 0 unspecified atom stereocenters. The summed E-state index contributed by atoms with van der Waals surface area (Å²) >= 11 is 7.07. The number of hydrogen-bond acceptors (Lipinski definition) is 6. The van der Waals surface area contributed by atoms with Gasteiger partial charge in [-0.05, 0) is 6.92 Å². The molecule has 1 rings (SSSR count). The molecule has 0 radical (unpaired) electrons. The van der Waals surface area contributed by atoms with Gasteiger partial charge in [-0.2, -0.15) is 0 Å². The minimum atomic E-state index is -0.285. The number of ether oxygens (including phenoxy) is 1. The molecule has 1 aromatic heterocycles. The van der Waals surface area contributed by atoms with Gasteiger partial charge in [-0.15, -0.1) is 0 Å². The van der Waals surface area contributed by atoms with Crippen molar-refractivity contribution in [2.75, 3.05) is 31.4 Å². The smallest absolute Gasteiger partial charge is 0.316 e. The van der Waals surface area contributed by atoms with Gasteiger partial charge in [-0.3, -0.25) is 4.79 Å². The summed E-state index contributed by atoms with van der Waals surface area (Å²) in [4.78, 5) is 21.3. The zero-order chi connectivity index (χ0) is 12.8. The van der Waals surface area contributed by atoms with Crippen molar-refractivity contribution in [1.29, 1.82) is 0 Å². The van der Waals surface area contributed by atoms with Crippen LogP contribution in [0.3, 0.4) is 0 Å². The summed E-state index contributed by atoms with van der Waals surface area (Å²) in [5, 5.41) is 0.823. The average Bonchev–Trinajstić information content (AvgIpc) is 2.26. The Bertz CT molecular complexity index is 401. The first kappa shape index (κ1) is 14.1. The molecule has 0 spiro atoms. The van der Waals surface area contributed by atoms with Gasteiger partial charge in [0.25, 0.3) is 0 Å². The normalized spacial score (nSPS) is 10.1. The Hall–Kier alpha value is -1.01. The van der Waals surface area contributed by atoms with Crippen LogP contribution in [0.4, 0.5) is 5.82 Å². The third kappa shape index (κ3) is 4.79. The van der Waals surface area contributed by atoms with Crippen LogP contribution in [-0.2, 0) is 9.53 Å². The first-order valence-electron chi connectivity index (χ1n) is 5.03. The number of nitrogens with zero attached hydrogens (tertiary/aromatic N) is 3. The van der Waals surface area contributed by atoms with Crippen molar-refractivity contribution in [3.63, 3.8) is 0 Å². The second kappa shape index (κ2) is 6.66. The van der Waals surface area contributed by atoms with E-state index in [0.29, 0.717) is 22.7 Å². The zero-order valence-corrected chi connectivity index (χ0v) is 11.5. The molecule has 0 aliphatic rings. The minimum Gasteiger partial charge on any atom is -0.465 e. The van der Waals surface area contributed by atoms with Crippen LogP contribution in [0, 0.1) is 0 Å². The first-order chi connectivity index (χ1) is 8.02. The van der Waals surface area contributed by atoms with E-state index in [1.807, 2.05) is 19.0 Å². The minimum absolute atomic E-state index is 0.182. The topological polar surface area (TPSA) is 55.3 Å². The summed E-state index contributed by atoms with van der Waals surface area (Å²) in [7, 11) is 3.72. The highest BCUT2D eigenvalue weighted by Gasteiger charge is 2.08. The van der Waals surface area contributed by atoms with Gasteiger partial charge in [0.05, 0.1) is 12.4 Å². The van der Waals surface area contributed by atoms with Crippen LogP contribution in [-0.4, -0.2) is 42.4 Å². The average molecular weight is 276 g/mol. The number of esters is 1. The lowest BCUT2D eigenvalue weighted by atomic mass is 10.5. The largest absolute Gasteiger partial charge is 0.465 e. The Morgan fingerprint density at radius 1 is 1.53 bits per heavy atom. The summed E-state index contributed by atoms with van der Waals surface area (Å²) in [5.41, 5.74) is 0. The van der Waals surface area contributed by atoms with E-state index in [0.717, 1.165) is 0 Å². The lowest BCUT2D eigenvalue weighted by Crippen LogP contribution is -2.12. The number of halogens is 1. The Labute approximate surface area is 110 Å². The number of thioether (sulfide) groups is 1. The van der Waals surface area contributed by atoms with Gasteiger partial charge in [-0.1, -0.05) is 23.4 Å². The summed E-state index contributed by atoms with van der Waals surface area (Å²) in [5.74, 6) is 0.602.